The van der Waals surface area contributed by atoms with Crippen LogP contribution in [0.15, 0.2) is 36.5 Å². The molecule has 0 fully saturated rings. The van der Waals surface area contributed by atoms with E-state index in [4.69, 9.17) is 0 Å². The Morgan fingerprint density at radius 1 is 1.12 bits per heavy atom. The van der Waals surface area contributed by atoms with E-state index in [-0.39, 0.29) is 0 Å². The number of rotatable bonds is 4. The van der Waals surface area contributed by atoms with Crippen LogP contribution in [0.2, 0.25) is 0 Å². The summed E-state index contributed by atoms with van der Waals surface area (Å²) < 4.78 is 0. The van der Waals surface area contributed by atoms with Crippen molar-refractivity contribution in [2.75, 3.05) is 5.32 Å². The largest absolute Gasteiger partial charge is 0.367 e. The predicted octanol–water partition coefficient (Wildman–Crippen LogP) is 4.08. The van der Waals surface area contributed by atoms with Crippen molar-refractivity contribution in [2.24, 2.45) is 5.92 Å². The maximum Gasteiger partial charge on any atom is 0.134 e. The maximum absolute atomic E-state index is 4.44. The number of hydrogen-bond acceptors (Lipinski definition) is 2. The Kier molecular flexibility index (Phi) is 3.62. The molecule has 1 atom stereocenters. The molecule has 2 rings (SSSR count). The van der Waals surface area contributed by atoms with Crippen LogP contribution in [0.3, 0.4) is 0 Å². The van der Waals surface area contributed by atoms with Gasteiger partial charge >= 0.3 is 0 Å². The Morgan fingerprint density at radius 3 is 2.65 bits per heavy atom. The van der Waals surface area contributed by atoms with Gasteiger partial charge in [-0.05, 0) is 30.7 Å². The highest BCUT2D eigenvalue weighted by atomic mass is 15.0. The summed E-state index contributed by atoms with van der Waals surface area (Å²) >= 11 is 0. The molecular weight excluding hydrogens is 208 g/mol. The molecule has 0 amide bonds. The summed E-state index contributed by atoms with van der Waals surface area (Å²) in [6.07, 6.45) is 3.03. The molecule has 1 aromatic heterocycles. The molecule has 0 spiro atoms. The summed E-state index contributed by atoms with van der Waals surface area (Å²) in [6.45, 7) is 6.70. The van der Waals surface area contributed by atoms with E-state index in [1.165, 1.54) is 10.8 Å². The van der Waals surface area contributed by atoms with E-state index in [1.807, 2.05) is 12.3 Å². The molecule has 1 aromatic carbocycles. The SMILES string of the molecule is CC(C)CC(C)Nc1nccc2ccccc12. The zero-order valence-electron chi connectivity index (χ0n) is 10.8. The summed E-state index contributed by atoms with van der Waals surface area (Å²) in [5.74, 6) is 1.70. The van der Waals surface area contributed by atoms with Gasteiger partial charge in [0.05, 0.1) is 0 Å². The van der Waals surface area contributed by atoms with Gasteiger partial charge in [-0.1, -0.05) is 38.1 Å². The number of nitrogens with one attached hydrogen (secondary N) is 1. The molecule has 1 N–H and O–H groups in total. The summed E-state index contributed by atoms with van der Waals surface area (Å²) in [5, 5.41) is 5.94. The van der Waals surface area contributed by atoms with E-state index in [1.54, 1.807) is 0 Å². The Bertz CT molecular complexity index is 486. The third-order valence-corrected chi connectivity index (χ3v) is 2.88. The molecule has 2 aromatic rings. The molecule has 0 aliphatic carbocycles. The first-order valence-electron chi connectivity index (χ1n) is 6.27. The second-order valence-corrected chi connectivity index (χ2v) is 5.06. The molecule has 1 unspecified atom stereocenters. The number of anilines is 1. The van der Waals surface area contributed by atoms with Crippen LogP contribution in [0, 0.1) is 5.92 Å². The molecule has 90 valence electrons. The van der Waals surface area contributed by atoms with Crippen molar-refractivity contribution >= 4 is 16.6 Å². The van der Waals surface area contributed by atoms with Crippen LogP contribution in [0.4, 0.5) is 5.82 Å². The lowest BCUT2D eigenvalue weighted by Crippen LogP contribution is -2.18. The minimum Gasteiger partial charge on any atom is -0.367 e. The van der Waals surface area contributed by atoms with Gasteiger partial charge in [0.1, 0.15) is 5.82 Å². The Morgan fingerprint density at radius 2 is 1.88 bits per heavy atom. The van der Waals surface area contributed by atoms with Crippen molar-refractivity contribution in [3.63, 3.8) is 0 Å². The third kappa shape index (κ3) is 2.96. The molecule has 17 heavy (non-hydrogen) atoms. The summed E-state index contributed by atoms with van der Waals surface area (Å²) in [5.41, 5.74) is 0. The average Bonchev–Trinajstić information content (AvgIpc) is 2.28. The Balaban J connectivity index is 2.24. The lowest BCUT2D eigenvalue weighted by molar-refractivity contribution is 0.539. The maximum atomic E-state index is 4.44. The van der Waals surface area contributed by atoms with Crippen LogP contribution < -0.4 is 5.32 Å². The summed E-state index contributed by atoms with van der Waals surface area (Å²) in [4.78, 5) is 4.44. The number of benzene rings is 1. The molecule has 0 aliphatic rings. The van der Waals surface area contributed by atoms with Gasteiger partial charge in [-0.2, -0.15) is 0 Å². The summed E-state index contributed by atoms with van der Waals surface area (Å²) in [7, 11) is 0. The molecule has 1 heterocycles. The van der Waals surface area contributed by atoms with Crippen LogP contribution in [-0.4, -0.2) is 11.0 Å². The molecule has 2 nitrogen and oxygen atoms in total. The van der Waals surface area contributed by atoms with Crippen LogP contribution in [0.25, 0.3) is 10.8 Å². The Labute approximate surface area is 103 Å². The number of fused-ring (bicyclic) bond motifs is 1. The first kappa shape index (κ1) is 11.9. The molecule has 0 radical (unpaired) electrons. The predicted molar refractivity (Wildman–Crippen MR) is 74.3 cm³/mol. The molecule has 0 saturated heterocycles. The molecule has 0 bridgehead atoms. The van der Waals surface area contributed by atoms with E-state index < -0.39 is 0 Å². The fourth-order valence-electron chi connectivity index (χ4n) is 2.23. The van der Waals surface area contributed by atoms with E-state index >= 15 is 0 Å². The van der Waals surface area contributed by atoms with E-state index in [0.29, 0.717) is 12.0 Å². The first-order valence-corrected chi connectivity index (χ1v) is 6.27. The second-order valence-electron chi connectivity index (χ2n) is 5.06. The molecular formula is C15H20N2. The molecule has 2 heteroatoms. The van der Waals surface area contributed by atoms with Gasteiger partial charge in [0, 0.05) is 17.6 Å². The first-order chi connectivity index (χ1) is 8.16. The van der Waals surface area contributed by atoms with Gasteiger partial charge in [-0.3, -0.25) is 0 Å². The molecule has 0 saturated carbocycles. The highest BCUT2D eigenvalue weighted by molar-refractivity contribution is 5.91. The fraction of sp³-hybridized carbons (Fsp3) is 0.400. The number of pyridine rings is 1. The average molecular weight is 228 g/mol. The monoisotopic (exact) mass is 228 g/mol. The van der Waals surface area contributed by atoms with Crippen molar-refractivity contribution in [3.05, 3.63) is 36.5 Å². The zero-order valence-corrected chi connectivity index (χ0v) is 10.8. The van der Waals surface area contributed by atoms with Crippen LogP contribution in [0.1, 0.15) is 27.2 Å². The van der Waals surface area contributed by atoms with Crippen molar-refractivity contribution < 1.29 is 0 Å². The second kappa shape index (κ2) is 5.17. The quantitative estimate of drug-likeness (QED) is 0.852. The van der Waals surface area contributed by atoms with Gasteiger partial charge in [0.2, 0.25) is 0 Å². The van der Waals surface area contributed by atoms with Gasteiger partial charge in [-0.25, -0.2) is 4.98 Å². The highest BCUT2D eigenvalue weighted by Gasteiger charge is 2.07. The molecule has 0 aliphatic heterocycles. The van der Waals surface area contributed by atoms with Crippen LogP contribution in [-0.2, 0) is 0 Å². The van der Waals surface area contributed by atoms with E-state index in [0.717, 1.165) is 12.2 Å². The van der Waals surface area contributed by atoms with Crippen LogP contribution >= 0.6 is 0 Å². The van der Waals surface area contributed by atoms with Crippen molar-refractivity contribution in [2.45, 2.75) is 33.2 Å². The van der Waals surface area contributed by atoms with Crippen molar-refractivity contribution in [1.82, 2.24) is 4.98 Å². The third-order valence-electron chi connectivity index (χ3n) is 2.88. The lowest BCUT2D eigenvalue weighted by atomic mass is 10.0. The number of aromatic nitrogens is 1. The van der Waals surface area contributed by atoms with Gasteiger partial charge in [0.25, 0.3) is 0 Å². The number of hydrogen-bond donors (Lipinski definition) is 1. The van der Waals surface area contributed by atoms with Crippen LogP contribution in [0.5, 0.6) is 0 Å². The fourth-order valence-corrected chi connectivity index (χ4v) is 2.23. The van der Waals surface area contributed by atoms with Gasteiger partial charge < -0.3 is 5.32 Å². The highest BCUT2D eigenvalue weighted by Crippen LogP contribution is 2.21. The van der Waals surface area contributed by atoms with Gasteiger partial charge in [-0.15, -0.1) is 0 Å². The smallest absolute Gasteiger partial charge is 0.134 e. The topological polar surface area (TPSA) is 24.9 Å². The minimum atomic E-state index is 0.452. The van der Waals surface area contributed by atoms with Crippen molar-refractivity contribution in [1.29, 1.82) is 0 Å². The summed E-state index contributed by atoms with van der Waals surface area (Å²) in [6, 6.07) is 10.9. The minimum absolute atomic E-state index is 0.452. The van der Waals surface area contributed by atoms with Gasteiger partial charge in [0.15, 0.2) is 0 Å². The zero-order chi connectivity index (χ0) is 12.3. The normalized spacial score (nSPS) is 12.9. The van der Waals surface area contributed by atoms with E-state index in [2.05, 4.69) is 55.3 Å². The number of nitrogens with zero attached hydrogens (tertiary/aromatic N) is 1. The van der Waals surface area contributed by atoms with Crippen molar-refractivity contribution in [3.8, 4) is 0 Å². The van der Waals surface area contributed by atoms with E-state index in [9.17, 15) is 0 Å². The Hall–Kier alpha value is -1.57. The standard InChI is InChI=1S/C15H20N2/c1-11(2)10-12(3)17-15-14-7-5-4-6-13(14)8-9-16-15/h4-9,11-12H,10H2,1-3H3,(H,16,17). The lowest BCUT2D eigenvalue weighted by Gasteiger charge is -2.17.